The SMILES string of the molecule is CNC(c1ccc(F)cc1)C(C)N. The van der Waals surface area contributed by atoms with Gasteiger partial charge >= 0.3 is 0 Å². The predicted octanol–water partition coefficient (Wildman–Crippen LogP) is 1.43. The van der Waals surface area contributed by atoms with Crippen LogP contribution in [-0.4, -0.2) is 13.1 Å². The largest absolute Gasteiger partial charge is 0.326 e. The Hall–Kier alpha value is -0.930. The van der Waals surface area contributed by atoms with Crippen LogP contribution < -0.4 is 11.1 Å². The van der Waals surface area contributed by atoms with Gasteiger partial charge in [0.05, 0.1) is 0 Å². The molecular weight excluding hydrogens is 167 g/mol. The molecule has 0 fully saturated rings. The summed E-state index contributed by atoms with van der Waals surface area (Å²) in [6.45, 7) is 1.92. The van der Waals surface area contributed by atoms with E-state index in [4.69, 9.17) is 5.73 Å². The Morgan fingerprint density at radius 2 is 1.85 bits per heavy atom. The van der Waals surface area contributed by atoms with Crippen molar-refractivity contribution in [3.05, 3.63) is 35.6 Å². The average Bonchev–Trinajstić information content (AvgIpc) is 2.09. The van der Waals surface area contributed by atoms with Crippen molar-refractivity contribution < 1.29 is 4.39 Å². The Morgan fingerprint density at radius 3 is 2.23 bits per heavy atom. The maximum atomic E-state index is 12.6. The molecule has 0 aromatic heterocycles. The molecule has 3 N–H and O–H groups in total. The molecule has 0 aliphatic rings. The Bertz CT molecular complexity index is 256. The van der Waals surface area contributed by atoms with Gasteiger partial charge in [-0.1, -0.05) is 12.1 Å². The molecule has 13 heavy (non-hydrogen) atoms. The molecule has 0 aliphatic carbocycles. The number of benzene rings is 1. The van der Waals surface area contributed by atoms with Gasteiger partial charge in [0.1, 0.15) is 5.82 Å². The van der Waals surface area contributed by atoms with Crippen molar-refractivity contribution >= 4 is 0 Å². The second kappa shape index (κ2) is 4.35. The zero-order valence-electron chi connectivity index (χ0n) is 7.92. The lowest BCUT2D eigenvalue weighted by Gasteiger charge is -2.20. The fraction of sp³-hybridized carbons (Fsp3) is 0.400. The third kappa shape index (κ3) is 2.50. The Balaban J connectivity index is 2.86. The molecule has 2 atom stereocenters. The number of likely N-dealkylation sites (N-methyl/N-ethyl adjacent to an activating group) is 1. The molecule has 0 saturated carbocycles. The summed E-state index contributed by atoms with van der Waals surface area (Å²) in [5, 5.41) is 3.09. The average molecular weight is 182 g/mol. The lowest BCUT2D eigenvalue weighted by molar-refractivity contribution is 0.502. The lowest BCUT2D eigenvalue weighted by Crippen LogP contribution is -2.33. The third-order valence-corrected chi connectivity index (χ3v) is 2.07. The third-order valence-electron chi connectivity index (χ3n) is 2.07. The van der Waals surface area contributed by atoms with Crippen LogP contribution in [0.1, 0.15) is 18.5 Å². The maximum absolute atomic E-state index is 12.6. The summed E-state index contributed by atoms with van der Waals surface area (Å²) in [6, 6.07) is 6.49. The standard InChI is InChI=1S/C10H15FN2/c1-7(12)10(13-2)8-3-5-9(11)6-4-8/h3-7,10,13H,12H2,1-2H3. The molecule has 1 aromatic carbocycles. The summed E-state index contributed by atoms with van der Waals surface area (Å²) in [5.74, 6) is -0.219. The molecular formula is C10H15FN2. The number of halogens is 1. The molecule has 2 nitrogen and oxygen atoms in total. The van der Waals surface area contributed by atoms with Crippen LogP contribution in [-0.2, 0) is 0 Å². The van der Waals surface area contributed by atoms with Crippen LogP contribution in [0.15, 0.2) is 24.3 Å². The molecule has 0 bridgehead atoms. The Morgan fingerprint density at radius 1 is 1.31 bits per heavy atom. The highest BCUT2D eigenvalue weighted by atomic mass is 19.1. The van der Waals surface area contributed by atoms with Crippen LogP contribution >= 0.6 is 0 Å². The molecule has 72 valence electrons. The first-order chi connectivity index (χ1) is 6.15. The van der Waals surface area contributed by atoms with Crippen LogP contribution in [0, 0.1) is 5.82 Å². The van der Waals surface area contributed by atoms with Crippen molar-refractivity contribution in [3.8, 4) is 0 Å². The summed E-state index contributed by atoms with van der Waals surface area (Å²) in [6.07, 6.45) is 0. The predicted molar refractivity (Wildman–Crippen MR) is 51.9 cm³/mol. The first kappa shape index (κ1) is 10.2. The van der Waals surface area contributed by atoms with Crippen molar-refractivity contribution in [1.29, 1.82) is 0 Å². The van der Waals surface area contributed by atoms with Gasteiger partial charge in [-0.05, 0) is 31.7 Å². The van der Waals surface area contributed by atoms with E-state index >= 15 is 0 Å². The minimum atomic E-state index is -0.219. The molecule has 0 aliphatic heterocycles. The van der Waals surface area contributed by atoms with Gasteiger partial charge < -0.3 is 11.1 Å². The van der Waals surface area contributed by atoms with Gasteiger partial charge in [0.2, 0.25) is 0 Å². The van der Waals surface area contributed by atoms with Gasteiger partial charge in [-0.2, -0.15) is 0 Å². The minimum absolute atomic E-state index is 0.00969. The van der Waals surface area contributed by atoms with Gasteiger partial charge in [-0.3, -0.25) is 0 Å². The molecule has 0 saturated heterocycles. The molecule has 1 aromatic rings. The molecule has 1 rings (SSSR count). The minimum Gasteiger partial charge on any atom is -0.326 e. The van der Waals surface area contributed by atoms with Gasteiger partial charge in [-0.15, -0.1) is 0 Å². The van der Waals surface area contributed by atoms with E-state index in [1.54, 1.807) is 12.1 Å². The monoisotopic (exact) mass is 182 g/mol. The van der Waals surface area contributed by atoms with E-state index < -0.39 is 0 Å². The molecule has 0 amide bonds. The molecule has 3 heteroatoms. The van der Waals surface area contributed by atoms with E-state index in [1.807, 2.05) is 14.0 Å². The zero-order valence-corrected chi connectivity index (χ0v) is 7.92. The van der Waals surface area contributed by atoms with E-state index in [2.05, 4.69) is 5.32 Å². The molecule has 2 unspecified atom stereocenters. The number of nitrogens with two attached hydrogens (primary N) is 1. The highest BCUT2D eigenvalue weighted by Gasteiger charge is 2.12. The van der Waals surface area contributed by atoms with E-state index in [-0.39, 0.29) is 17.9 Å². The first-order valence-electron chi connectivity index (χ1n) is 4.33. The highest BCUT2D eigenvalue weighted by Crippen LogP contribution is 2.15. The second-order valence-electron chi connectivity index (χ2n) is 3.18. The second-order valence-corrected chi connectivity index (χ2v) is 3.18. The maximum Gasteiger partial charge on any atom is 0.123 e. The summed E-state index contributed by atoms with van der Waals surface area (Å²) in [7, 11) is 1.84. The number of nitrogens with one attached hydrogen (secondary N) is 1. The Labute approximate surface area is 77.9 Å². The normalized spacial score (nSPS) is 15.4. The van der Waals surface area contributed by atoms with Crippen LogP contribution in [0.5, 0.6) is 0 Å². The van der Waals surface area contributed by atoms with Crippen LogP contribution in [0.2, 0.25) is 0 Å². The quantitative estimate of drug-likeness (QED) is 0.742. The smallest absolute Gasteiger partial charge is 0.123 e. The fourth-order valence-corrected chi connectivity index (χ4v) is 1.40. The van der Waals surface area contributed by atoms with Gasteiger partial charge in [0, 0.05) is 12.1 Å². The van der Waals surface area contributed by atoms with Crippen molar-refractivity contribution in [2.24, 2.45) is 5.73 Å². The number of rotatable bonds is 3. The highest BCUT2D eigenvalue weighted by molar-refractivity contribution is 5.21. The van der Waals surface area contributed by atoms with E-state index in [0.29, 0.717) is 0 Å². The first-order valence-corrected chi connectivity index (χ1v) is 4.33. The molecule has 0 spiro atoms. The van der Waals surface area contributed by atoms with Crippen LogP contribution in [0.25, 0.3) is 0 Å². The van der Waals surface area contributed by atoms with E-state index in [9.17, 15) is 4.39 Å². The van der Waals surface area contributed by atoms with Gasteiger partial charge in [0.25, 0.3) is 0 Å². The molecule has 0 radical (unpaired) electrons. The van der Waals surface area contributed by atoms with Gasteiger partial charge in [-0.25, -0.2) is 4.39 Å². The summed E-state index contributed by atoms with van der Waals surface area (Å²) in [5.41, 5.74) is 6.77. The van der Waals surface area contributed by atoms with Gasteiger partial charge in [0.15, 0.2) is 0 Å². The number of hydrogen-bond acceptors (Lipinski definition) is 2. The zero-order chi connectivity index (χ0) is 9.84. The summed E-state index contributed by atoms with van der Waals surface area (Å²) in [4.78, 5) is 0. The number of hydrogen-bond donors (Lipinski definition) is 2. The Kier molecular flexibility index (Phi) is 3.39. The lowest BCUT2D eigenvalue weighted by atomic mass is 10.0. The molecule has 0 heterocycles. The topological polar surface area (TPSA) is 38.0 Å². The van der Waals surface area contributed by atoms with Crippen molar-refractivity contribution in [3.63, 3.8) is 0 Å². The fourth-order valence-electron chi connectivity index (χ4n) is 1.40. The summed E-state index contributed by atoms with van der Waals surface area (Å²) >= 11 is 0. The van der Waals surface area contributed by atoms with Crippen LogP contribution in [0.4, 0.5) is 4.39 Å². The van der Waals surface area contributed by atoms with Crippen molar-refractivity contribution in [2.45, 2.75) is 19.0 Å². The summed E-state index contributed by atoms with van der Waals surface area (Å²) < 4.78 is 12.6. The van der Waals surface area contributed by atoms with Crippen molar-refractivity contribution in [1.82, 2.24) is 5.32 Å². The van der Waals surface area contributed by atoms with E-state index in [0.717, 1.165) is 5.56 Å². The van der Waals surface area contributed by atoms with Crippen LogP contribution in [0.3, 0.4) is 0 Å². The van der Waals surface area contributed by atoms with Crippen molar-refractivity contribution in [2.75, 3.05) is 7.05 Å². The van der Waals surface area contributed by atoms with E-state index in [1.165, 1.54) is 12.1 Å².